The Bertz CT molecular complexity index is 840. The highest BCUT2D eigenvalue weighted by atomic mass is 79.9. The SMILES string of the molecule is O=C(CCC(=O)c1ccc(Br)cc1)OCc1ccc(C(=O)N2CCCC2)cc1. The average Bonchev–Trinajstić information content (AvgIpc) is 3.25. The van der Waals surface area contributed by atoms with Gasteiger partial charge >= 0.3 is 5.97 Å². The van der Waals surface area contributed by atoms with Crippen LogP contribution in [0, 0.1) is 0 Å². The van der Waals surface area contributed by atoms with Gasteiger partial charge in [0, 0.05) is 35.1 Å². The summed E-state index contributed by atoms with van der Waals surface area (Å²) in [5.41, 5.74) is 2.04. The number of hydrogen-bond donors (Lipinski definition) is 0. The number of benzene rings is 2. The van der Waals surface area contributed by atoms with Crippen LogP contribution >= 0.6 is 15.9 Å². The van der Waals surface area contributed by atoms with E-state index < -0.39 is 5.97 Å². The Morgan fingerprint density at radius 3 is 2.11 bits per heavy atom. The fraction of sp³-hybridized carbons (Fsp3) is 0.318. The highest BCUT2D eigenvalue weighted by molar-refractivity contribution is 9.10. The Hall–Kier alpha value is -2.47. The van der Waals surface area contributed by atoms with Crippen LogP contribution in [-0.2, 0) is 16.1 Å². The molecule has 5 nitrogen and oxygen atoms in total. The summed E-state index contributed by atoms with van der Waals surface area (Å²) >= 11 is 3.32. The van der Waals surface area contributed by atoms with Crippen LogP contribution in [0.1, 0.15) is 52.0 Å². The summed E-state index contributed by atoms with van der Waals surface area (Å²) in [5.74, 6) is -0.454. The van der Waals surface area contributed by atoms with Gasteiger partial charge < -0.3 is 9.64 Å². The third-order valence-corrected chi connectivity index (χ3v) is 5.25. The summed E-state index contributed by atoms with van der Waals surface area (Å²) in [6.07, 6.45) is 2.28. The first kappa shape index (κ1) is 20.3. The molecule has 1 amide bonds. The number of nitrogens with zero attached hydrogens (tertiary/aromatic N) is 1. The van der Waals surface area contributed by atoms with Crippen molar-refractivity contribution in [3.63, 3.8) is 0 Å². The van der Waals surface area contributed by atoms with Crippen molar-refractivity contribution in [3.05, 3.63) is 69.7 Å². The third-order valence-electron chi connectivity index (χ3n) is 4.72. The molecular weight excluding hydrogens is 422 g/mol. The predicted octanol–water partition coefficient (Wildman–Crippen LogP) is 4.39. The molecule has 1 fully saturated rings. The molecule has 6 heteroatoms. The zero-order chi connectivity index (χ0) is 19.9. The van der Waals surface area contributed by atoms with E-state index in [0.717, 1.165) is 36.0 Å². The van der Waals surface area contributed by atoms with Crippen molar-refractivity contribution < 1.29 is 19.1 Å². The first-order valence-corrected chi connectivity index (χ1v) is 10.1. The predicted molar refractivity (Wildman–Crippen MR) is 109 cm³/mol. The van der Waals surface area contributed by atoms with Gasteiger partial charge in [-0.2, -0.15) is 0 Å². The van der Waals surface area contributed by atoms with Crippen molar-refractivity contribution in [2.24, 2.45) is 0 Å². The highest BCUT2D eigenvalue weighted by Crippen LogP contribution is 2.15. The molecule has 1 aliphatic heterocycles. The first-order valence-electron chi connectivity index (χ1n) is 9.35. The van der Waals surface area contributed by atoms with Gasteiger partial charge in [-0.15, -0.1) is 0 Å². The van der Waals surface area contributed by atoms with Crippen molar-refractivity contribution in [2.75, 3.05) is 13.1 Å². The summed E-state index contributed by atoms with van der Waals surface area (Å²) in [4.78, 5) is 38.2. The maximum atomic E-state index is 12.3. The normalized spacial score (nSPS) is 13.4. The number of likely N-dealkylation sites (tertiary alicyclic amines) is 1. The molecule has 1 heterocycles. The van der Waals surface area contributed by atoms with Crippen LogP contribution in [0.2, 0.25) is 0 Å². The molecule has 0 atom stereocenters. The molecule has 0 N–H and O–H groups in total. The molecule has 146 valence electrons. The fourth-order valence-corrected chi connectivity index (χ4v) is 3.34. The Kier molecular flexibility index (Phi) is 6.98. The average molecular weight is 444 g/mol. The molecule has 0 spiro atoms. The smallest absolute Gasteiger partial charge is 0.306 e. The van der Waals surface area contributed by atoms with Gasteiger partial charge in [-0.3, -0.25) is 14.4 Å². The van der Waals surface area contributed by atoms with Gasteiger partial charge in [0.1, 0.15) is 6.61 Å². The third kappa shape index (κ3) is 5.52. The molecule has 2 aromatic rings. The number of amides is 1. The lowest BCUT2D eigenvalue weighted by atomic mass is 10.1. The van der Waals surface area contributed by atoms with Crippen molar-refractivity contribution in [1.29, 1.82) is 0 Å². The van der Waals surface area contributed by atoms with Crippen LogP contribution in [0.15, 0.2) is 53.0 Å². The molecular formula is C22H22BrNO4. The molecule has 0 bridgehead atoms. The molecule has 28 heavy (non-hydrogen) atoms. The van der Waals surface area contributed by atoms with Crippen LogP contribution in [-0.4, -0.2) is 35.6 Å². The minimum atomic E-state index is -0.414. The molecule has 2 aromatic carbocycles. The van der Waals surface area contributed by atoms with Crippen LogP contribution in [0.3, 0.4) is 0 Å². The number of Topliss-reactive ketones (excluding diaryl/α,β-unsaturated/α-hetero) is 1. The van der Waals surface area contributed by atoms with Crippen molar-refractivity contribution in [1.82, 2.24) is 4.90 Å². The second-order valence-electron chi connectivity index (χ2n) is 6.79. The van der Waals surface area contributed by atoms with Crippen LogP contribution in [0.5, 0.6) is 0 Å². The monoisotopic (exact) mass is 443 g/mol. The Morgan fingerprint density at radius 1 is 0.857 bits per heavy atom. The number of esters is 1. The summed E-state index contributed by atoms with van der Waals surface area (Å²) in [6.45, 7) is 1.76. The van der Waals surface area contributed by atoms with Gasteiger partial charge in [0.05, 0.1) is 6.42 Å². The number of halogens is 1. The number of ketones is 1. The number of hydrogen-bond acceptors (Lipinski definition) is 4. The lowest BCUT2D eigenvalue weighted by Crippen LogP contribution is -2.27. The van der Waals surface area contributed by atoms with Crippen LogP contribution < -0.4 is 0 Å². The Labute approximate surface area is 172 Å². The Morgan fingerprint density at radius 2 is 1.46 bits per heavy atom. The lowest BCUT2D eigenvalue weighted by molar-refractivity contribution is -0.144. The number of carbonyl (C=O) groups is 3. The van der Waals surface area contributed by atoms with Crippen molar-refractivity contribution in [2.45, 2.75) is 32.3 Å². The zero-order valence-corrected chi connectivity index (χ0v) is 17.1. The van der Waals surface area contributed by atoms with Gasteiger partial charge in [0.2, 0.25) is 0 Å². The topological polar surface area (TPSA) is 63.7 Å². The molecule has 0 unspecified atom stereocenters. The van der Waals surface area contributed by atoms with E-state index in [-0.39, 0.29) is 31.1 Å². The zero-order valence-electron chi connectivity index (χ0n) is 15.5. The van der Waals surface area contributed by atoms with Crippen molar-refractivity contribution >= 4 is 33.6 Å². The first-order chi connectivity index (χ1) is 13.5. The number of rotatable bonds is 7. The van der Waals surface area contributed by atoms with E-state index in [1.165, 1.54) is 0 Å². The number of carbonyl (C=O) groups excluding carboxylic acids is 3. The van der Waals surface area contributed by atoms with E-state index in [1.807, 2.05) is 4.90 Å². The van der Waals surface area contributed by atoms with E-state index in [0.29, 0.717) is 11.1 Å². The van der Waals surface area contributed by atoms with Gasteiger partial charge in [-0.05, 0) is 42.7 Å². The van der Waals surface area contributed by atoms with E-state index in [2.05, 4.69) is 15.9 Å². The minimum Gasteiger partial charge on any atom is -0.461 e. The second kappa shape index (κ2) is 9.64. The second-order valence-corrected chi connectivity index (χ2v) is 7.70. The largest absolute Gasteiger partial charge is 0.461 e. The maximum absolute atomic E-state index is 12.3. The highest BCUT2D eigenvalue weighted by Gasteiger charge is 2.19. The quantitative estimate of drug-likeness (QED) is 0.470. The Balaban J connectivity index is 1.43. The fourth-order valence-electron chi connectivity index (χ4n) is 3.08. The van der Waals surface area contributed by atoms with E-state index in [1.54, 1.807) is 48.5 Å². The van der Waals surface area contributed by atoms with Crippen molar-refractivity contribution in [3.8, 4) is 0 Å². The molecule has 0 saturated carbocycles. The van der Waals surface area contributed by atoms with E-state index in [4.69, 9.17) is 4.74 Å². The van der Waals surface area contributed by atoms with Gasteiger partial charge in [0.15, 0.2) is 5.78 Å². The van der Waals surface area contributed by atoms with Gasteiger partial charge in [0.25, 0.3) is 5.91 Å². The molecule has 1 aliphatic rings. The summed E-state index contributed by atoms with van der Waals surface area (Å²) < 4.78 is 6.14. The van der Waals surface area contributed by atoms with Gasteiger partial charge in [-0.1, -0.05) is 40.2 Å². The lowest BCUT2D eigenvalue weighted by Gasteiger charge is -2.15. The molecule has 0 radical (unpaired) electrons. The maximum Gasteiger partial charge on any atom is 0.306 e. The standard InChI is InChI=1S/C22H22BrNO4/c23-19-9-7-17(8-10-19)20(25)11-12-21(26)28-15-16-3-5-18(6-4-16)22(27)24-13-1-2-14-24/h3-10H,1-2,11-15H2. The van der Waals surface area contributed by atoms with Crippen LogP contribution in [0.4, 0.5) is 0 Å². The summed E-state index contributed by atoms with van der Waals surface area (Å²) in [5, 5.41) is 0. The molecule has 0 aromatic heterocycles. The minimum absolute atomic E-state index is 0.0421. The molecule has 1 saturated heterocycles. The van der Waals surface area contributed by atoms with E-state index >= 15 is 0 Å². The van der Waals surface area contributed by atoms with Crippen LogP contribution in [0.25, 0.3) is 0 Å². The van der Waals surface area contributed by atoms with E-state index in [9.17, 15) is 14.4 Å². The van der Waals surface area contributed by atoms with Gasteiger partial charge in [-0.25, -0.2) is 0 Å². The number of ether oxygens (including phenoxy) is 1. The summed E-state index contributed by atoms with van der Waals surface area (Å²) in [7, 11) is 0. The molecule has 3 rings (SSSR count). The molecule has 0 aliphatic carbocycles. The summed E-state index contributed by atoms with van der Waals surface area (Å²) in [6, 6.07) is 14.2.